The van der Waals surface area contributed by atoms with Crippen LogP contribution in [-0.2, 0) is 9.59 Å². The highest BCUT2D eigenvalue weighted by atomic mass is 16.2. The van der Waals surface area contributed by atoms with E-state index in [2.05, 4.69) is 15.8 Å². The number of carbonyl (C=O) groups is 2. The largest absolute Gasteiger partial charge is 0.326 e. The third kappa shape index (κ3) is 6.13. The van der Waals surface area contributed by atoms with Crippen molar-refractivity contribution in [3.05, 3.63) is 65.7 Å². The first-order valence-electron chi connectivity index (χ1n) is 7.37. The minimum atomic E-state index is -0.294. The van der Waals surface area contributed by atoms with Crippen molar-refractivity contribution in [1.82, 2.24) is 5.43 Å². The Morgan fingerprint density at radius 3 is 2.48 bits per heavy atom. The Morgan fingerprint density at radius 2 is 1.74 bits per heavy atom. The van der Waals surface area contributed by atoms with E-state index in [0.717, 1.165) is 16.8 Å². The van der Waals surface area contributed by atoms with Crippen LogP contribution in [0.15, 0.2) is 59.7 Å². The molecule has 2 rings (SSSR count). The van der Waals surface area contributed by atoms with E-state index in [1.165, 1.54) is 0 Å². The molecule has 0 saturated carbocycles. The Bertz CT molecular complexity index is 696. The highest BCUT2D eigenvalue weighted by molar-refractivity contribution is 5.93. The molecule has 0 radical (unpaired) electrons. The number of nitrogens with one attached hydrogen (secondary N) is 2. The van der Waals surface area contributed by atoms with Crippen molar-refractivity contribution in [2.24, 2.45) is 5.10 Å². The number of amides is 2. The van der Waals surface area contributed by atoms with Crippen LogP contribution in [0.25, 0.3) is 0 Å². The van der Waals surface area contributed by atoms with Crippen molar-refractivity contribution < 1.29 is 9.59 Å². The predicted octanol–water partition coefficient (Wildman–Crippen LogP) is 2.86. The lowest BCUT2D eigenvalue weighted by atomic mass is 10.2. The van der Waals surface area contributed by atoms with Crippen molar-refractivity contribution in [2.45, 2.75) is 19.8 Å². The minimum Gasteiger partial charge on any atom is -0.326 e. The second-order valence-electron chi connectivity index (χ2n) is 5.12. The lowest BCUT2D eigenvalue weighted by molar-refractivity contribution is -0.124. The van der Waals surface area contributed by atoms with Gasteiger partial charge in [-0.25, -0.2) is 5.43 Å². The first kappa shape index (κ1) is 16.4. The van der Waals surface area contributed by atoms with Crippen LogP contribution in [0.2, 0.25) is 0 Å². The molecule has 5 heteroatoms. The van der Waals surface area contributed by atoms with E-state index in [4.69, 9.17) is 0 Å². The molecule has 0 heterocycles. The van der Waals surface area contributed by atoms with Crippen LogP contribution in [-0.4, -0.2) is 18.0 Å². The molecule has 0 fully saturated rings. The van der Waals surface area contributed by atoms with Crippen molar-refractivity contribution >= 4 is 23.7 Å². The highest BCUT2D eigenvalue weighted by Gasteiger charge is 2.06. The zero-order valence-electron chi connectivity index (χ0n) is 13.0. The second-order valence-corrected chi connectivity index (χ2v) is 5.12. The maximum absolute atomic E-state index is 11.7. The van der Waals surface area contributed by atoms with Gasteiger partial charge in [0.15, 0.2) is 0 Å². The Hall–Kier alpha value is -2.95. The second kappa shape index (κ2) is 8.48. The molecule has 5 nitrogen and oxygen atoms in total. The first-order chi connectivity index (χ1) is 11.1. The molecule has 0 spiro atoms. The van der Waals surface area contributed by atoms with Crippen LogP contribution in [0.4, 0.5) is 5.69 Å². The fourth-order valence-electron chi connectivity index (χ4n) is 1.96. The van der Waals surface area contributed by atoms with E-state index < -0.39 is 0 Å². The fraction of sp³-hybridized carbons (Fsp3) is 0.167. The van der Waals surface area contributed by atoms with Gasteiger partial charge in [-0.3, -0.25) is 9.59 Å². The molecule has 2 aromatic carbocycles. The van der Waals surface area contributed by atoms with Crippen molar-refractivity contribution in [3.8, 4) is 0 Å². The number of nitrogens with zero attached hydrogens (tertiary/aromatic N) is 1. The SMILES string of the molecule is Cc1cccc(C=NNC(=O)CCC(=O)Nc2ccccc2)c1. The molecular formula is C18H19N3O2. The van der Waals surface area contributed by atoms with Gasteiger partial charge in [0, 0.05) is 18.5 Å². The Morgan fingerprint density at radius 1 is 1.00 bits per heavy atom. The molecule has 0 bridgehead atoms. The summed E-state index contributed by atoms with van der Waals surface area (Å²) in [6.45, 7) is 1.99. The van der Waals surface area contributed by atoms with Crippen LogP contribution in [0, 0.1) is 6.92 Å². The van der Waals surface area contributed by atoms with Crippen molar-refractivity contribution in [2.75, 3.05) is 5.32 Å². The van der Waals surface area contributed by atoms with Gasteiger partial charge in [-0.1, -0.05) is 48.0 Å². The summed E-state index contributed by atoms with van der Waals surface area (Å²) in [7, 11) is 0. The molecule has 118 valence electrons. The fourth-order valence-corrected chi connectivity index (χ4v) is 1.96. The van der Waals surface area contributed by atoms with Crippen LogP contribution in [0.1, 0.15) is 24.0 Å². The summed E-state index contributed by atoms with van der Waals surface area (Å²) in [5.41, 5.74) is 5.17. The topological polar surface area (TPSA) is 70.6 Å². The number of anilines is 1. The average molecular weight is 309 g/mol. The maximum atomic E-state index is 11.7. The van der Waals surface area contributed by atoms with Crippen LogP contribution in [0.3, 0.4) is 0 Å². The monoisotopic (exact) mass is 309 g/mol. The summed E-state index contributed by atoms with van der Waals surface area (Å²) in [6.07, 6.45) is 1.78. The zero-order valence-corrected chi connectivity index (χ0v) is 13.0. The lowest BCUT2D eigenvalue weighted by Gasteiger charge is -2.04. The summed E-state index contributed by atoms with van der Waals surface area (Å²) in [6, 6.07) is 16.9. The van der Waals surface area contributed by atoms with E-state index in [0.29, 0.717) is 0 Å². The number of carbonyl (C=O) groups excluding carboxylic acids is 2. The summed E-state index contributed by atoms with van der Waals surface area (Å²) in [4.78, 5) is 23.4. The molecule has 0 unspecified atom stereocenters. The number of hydrogen-bond donors (Lipinski definition) is 2. The third-order valence-electron chi connectivity index (χ3n) is 3.08. The smallest absolute Gasteiger partial charge is 0.240 e. The van der Waals surface area contributed by atoms with E-state index in [1.54, 1.807) is 18.3 Å². The average Bonchev–Trinajstić information content (AvgIpc) is 2.54. The van der Waals surface area contributed by atoms with Crippen LogP contribution < -0.4 is 10.7 Å². The molecule has 0 aliphatic heterocycles. The van der Waals surface area contributed by atoms with Gasteiger partial charge in [0.05, 0.1) is 6.21 Å². The molecule has 2 aromatic rings. The number of benzene rings is 2. The Kier molecular flexibility index (Phi) is 6.06. The van der Waals surface area contributed by atoms with Gasteiger partial charge in [-0.2, -0.15) is 5.10 Å². The Labute approximate surface area is 135 Å². The summed E-state index contributed by atoms with van der Waals surface area (Å²) in [5.74, 6) is -0.494. The van der Waals surface area contributed by atoms with Gasteiger partial charge in [0.2, 0.25) is 11.8 Å². The molecule has 0 aliphatic rings. The van der Waals surface area contributed by atoms with Gasteiger partial charge in [-0.05, 0) is 24.6 Å². The van der Waals surface area contributed by atoms with Crippen molar-refractivity contribution in [1.29, 1.82) is 0 Å². The molecule has 2 amide bonds. The minimum absolute atomic E-state index is 0.0871. The number of para-hydroxylation sites is 1. The standard InChI is InChI=1S/C18H19N3O2/c1-14-6-5-7-15(12-14)13-19-21-18(23)11-10-17(22)20-16-8-3-2-4-9-16/h2-9,12-13H,10-11H2,1H3,(H,20,22)(H,21,23). The van der Waals surface area contributed by atoms with Crippen LogP contribution >= 0.6 is 0 Å². The van der Waals surface area contributed by atoms with E-state index in [1.807, 2.05) is 49.4 Å². The van der Waals surface area contributed by atoms with Gasteiger partial charge in [0.1, 0.15) is 0 Å². The summed E-state index contributed by atoms with van der Waals surface area (Å²) >= 11 is 0. The van der Waals surface area contributed by atoms with Crippen LogP contribution in [0.5, 0.6) is 0 Å². The number of aryl methyl sites for hydroxylation is 1. The number of hydrogen-bond acceptors (Lipinski definition) is 3. The molecule has 2 N–H and O–H groups in total. The Balaban J connectivity index is 1.71. The number of hydrazone groups is 1. The van der Waals surface area contributed by atoms with E-state index in [9.17, 15) is 9.59 Å². The predicted molar refractivity (Wildman–Crippen MR) is 91.2 cm³/mol. The van der Waals surface area contributed by atoms with Gasteiger partial charge in [-0.15, -0.1) is 0 Å². The zero-order chi connectivity index (χ0) is 16.5. The quantitative estimate of drug-likeness (QED) is 0.636. The van der Waals surface area contributed by atoms with Crippen molar-refractivity contribution in [3.63, 3.8) is 0 Å². The van der Waals surface area contributed by atoms with Gasteiger partial charge >= 0.3 is 0 Å². The van der Waals surface area contributed by atoms with Gasteiger partial charge in [0.25, 0.3) is 0 Å². The van der Waals surface area contributed by atoms with Gasteiger partial charge < -0.3 is 5.32 Å². The number of rotatable bonds is 6. The lowest BCUT2D eigenvalue weighted by Crippen LogP contribution is -2.20. The van der Waals surface area contributed by atoms with E-state index in [-0.39, 0.29) is 24.7 Å². The first-order valence-corrected chi connectivity index (χ1v) is 7.37. The maximum Gasteiger partial charge on any atom is 0.240 e. The normalized spacial score (nSPS) is 10.5. The molecule has 23 heavy (non-hydrogen) atoms. The summed E-state index contributed by atoms with van der Waals surface area (Å²) < 4.78 is 0. The third-order valence-corrected chi connectivity index (χ3v) is 3.08. The molecule has 0 aliphatic carbocycles. The molecule has 0 saturated heterocycles. The highest BCUT2D eigenvalue weighted by Crippen LogP contribution is 2.06. The van der Waals surface area contributed by atoms with E-state index >= 15 is 0 Å². The molecular weight excluding hydrogens is 290 g/mol. The molecule has 0 atom stereocenters. The summed E-state index contributed by atoms with van der Waals surface area (Å²) in [5, 5.41) is 6.62. The molecule has 0 aromatic heterocycles.